The van der Waals surface area contributed by atoms with Crippen molar-refractivity contribution in [3.8, 4) is 0 Å². The molecule has 0 spiro atoms. The number of sulfonamides is 1. The molecule has 1 aromatic carbocycles. The number of allylic oxidation sites excluding steroid dienone is 1. The van der Waals surface area contributed by atoms with Crippen LogP contribution in [-0.2, 0) is 17.1 Å². The fourth-order valence-electron chi connectivity index (χ4n) is 3.45. The van der Waals surface area contributed by atoms with Gasteiger partial charge in [0.2, 0.25) is 0 Å². The van der Waals surface area contributed by atoms with E-state index in [0.29, 0.717) is 13.1 Å². The summed E-state index contributed by atoms with van der Waals surface area (Å²) in [6.07, 6.45) is 9.56. The van der Waals surface area contributed by atoms with Crippen molar-refractivity contribution in [3.63, 3.8) is 0 Å². The molecular weight excluding hydrogens is 360 g/mol. The van der Waals surface area contributed by atoms with Gasteiger partial charge in [-0.15, -0.1) is 0 Å². The van der Waals surface area contributed by atoms with Crippen molar-refractivity contribution in [3.05, 3.63) is 60.6 Å². The quantitative estimate of drug-likeness (QED) is 0.706. The highest BCUT2D eigenvalue weighted by atomic mass is 32.2. The minimum atomic E-state index is -3.59. The SMILES string of the molecule is CCC/C=C/CNC1CN(S(=O)(=O)c2cn(C)cn2)CC1c1ccccc1. The molecule has 0 radical (unpaired) electrons. The van der Waals surface area contributed by atoms with Gasteiger partial charge >= 0.3 is 0 Å². The summed E-state index contributed by atoms with van der Waals surface area (Å²) in [4.78, 5) is 4.05. The number of hydrogen-bond donors (Lipinski definition) is 1. The van der Waals surface area contributed by atoms with E-state index in [1.165, 1.54) is 6.33 Å². The summed E-state index contributed by atoms with van der Waals surface area (Å²) in [6.45, 7) is 3.80. The van der Waals surface area contributed by atoms with Crippen molar-refractivity contribution in [1.82, 2.24) is 19.2 Å². The van der Waals surface area contributed by atoms with Gasteiger partial charge in [0.25, 0.3) is 10.0 Å². The van der Waals surface area contributed by atoms with Gasteiger partial charge in [-0.25, -0.2) is 13.4 Å². The first-order valence-electron chi connectivity index (χ1n) is 9.43. The number of benzene rings is 1. The van der Waals surface area contributed by atoms with Crippen LogP contribution in [0.4, 0.5) is 0 Å². The maximum Gasteiger partial charge on any atom is 0.262 e. The Morgan fingerprint density at radius 2 is 2.00 bits per heavy atom. The molecule has 146 valence electrons. The van der Waals surface area contributed by atoms with Crippen LogP contribution < -0.4 is 5.32 Å². The maximum atomic E-state index is 13.0. The van der Waals surface area contributed by atoms with E-state index in [2.05, 4.69) is 41.5 Å². The normalized spacial score (nSPS) is 21.3. The Hall–Kier alpha value is -1.96. The number of nitrogens with one attached hydrogen (secondary N) is 1. The van der Waals surface area contributed by atoms with Gasteiger partial charge in [-0.3, -0.25) is 0 Å². The molecule has 3 rings (SSSR count). The Balaban J connectivity index is 1.78. The number of hydrogen-bond acceptors (Lipinski definition) is 4. The molecule has 2 unspecified atom stereocenters. The number of aromatic nitrogens is 2. The van der Waals surface area contributed by atoms with Crippen LogP contribution in [0.3, 0.4) is 0 Å². The van der Waals surface area contributed by atoms with Crippen molar-refractivity contribution >= 4 is 10.0 Å². The summed E-state index contributed by atoms with van der Waals surface area (Å²) in [7, 11) is -1.81. The molecule has 7 heteroatoms. The van der Waals surface area contributed by atoms with Crippen LogP contribution in [0.25, 0.3) is 0 Å². The molecule has 0 saturated carbocycles. The maximum absolute atomic E-state index is 13.0. The number of aryl methyl sites for hydroxylation is 1. The molecular formula is C20H28N4O2S. The number of nitrogens with zero attached hydrogens (tertiary/aromatic N) is 3. The summed E-state index contributed by atoms with van der Waals surface area (Å²) in [6, 6.07) is 10.2. The van der Waals surface area contributed by atoms with Crippen molar-refractivity contribution in [2.24, 2.45) is 7.05 Å². The number of rotatable bonds is 8. The van der Waals surface area contributed by atoms with Crippen LogP contribution in [0, 0.1) is 0 Å². The second-order valence-electron chi connectivity index (χ2n) is 6.99. The van der Waals surface area contributed by atoms with Crippen LogP contribution in [-0.4, -0.2) is 48.0 Å². The molecule has 1 saturated heterocycles. The zero-order chi connectivity index (χ0) is 19.3. The van der Waals surface area contributed by atoms with Gasteiger partial charge in [-0.2, -0.15) is 4.31 Å². The summed E-state index contributed by atoms with van der Waals surface area (Å²) in [5.74, 6) is 0.115. The lowest BCUT2D eigenvalue weighted by atomic mass is 9.94. The van der Waals surface area contributed by atoms with Gasteiger partial charge in [0.1, 0.15) is 0 Å². The summed E-state index contributed by atoms with van der Waals surface area (Å²) >= 11 is 0. The molecule has 2 heterocycles. The molecule has 1 aromatic heterocycles. The first-order valence-corrected chi connectivity index (χ1v) is 10.9. The molecule has 1 fully saturated rings. The van der Waals surface area contributed by atoms with Crippen molar-refractivity contribution in [1.29, 1.82) is 0 Å². The highest BCUT2D eigenvalue weighted by molar-refractivity contribution is 7.89. The topological polar surface area (TPSA) is 67.2 Å². The van der Waals surface area contributed by atoms with Crippen molar-refractivity contribution < 1.29 is 8.42 Å². The van der Waals surface area contributed by atoms with Crippen LogP contribution in [0.2, 0.25) is 0 Å². The summed E-state index contributed by atoms with van der Waals surface area (Å²) in [5, 5.41) is 3.64. The smallest absolute Gasteiger partial charge is 0.262 e. The first-order chi connectivity index (χ1) is 13.0. The van der Waals surface area contributed by atoms with Gasteiger partial charge in [-0.05, 0) is 12.0 Å². The van der Waals surface area contributed by atoms with E-state index in [9.17, 15) is 8.42 Å². The second-order valence-corrected chi connectivity index (χ2v) is 8.88. The summed E-state index contributed by atoms with van der Waals surface area (Å²) < 4.78 is 29.2. The lowest BCUT2D eigenvalue weighted by Gasteiger charge is -2.19. The predicted octanol–water partition coefficient (Wildman–Crippen LogP) is 2.52. The number of imidazole rings is 1. The zero-order valence-corrected chi connectivity index (χ0v) is 16.8. The molecule has 1 aliphatic heterocycles. The second kappa shape index (κ2) is 8.82. The van der Waals surface area contributed by atoms with Crippen LogP contribution in [0.15, 0.2) is 60.0 Å². The highest BCUT2D eigenvalue weighted by Crippen LogP contribution is 2.31. The first kappa shape index (κ1) is 19.8. The molecule has 1 N–H and O–H groups in total. The Morgan fingerprint density at radius 1 is 1.22 bits per heavy atom. The molecule has 2 aromatic rings. The Kier molecular flexibility index (Phi) is 6.46. The van der Waals surface area contributed by atoms with E-state index in [1.54, 1.807) is 22.1 Å². The minimum absolute atomic E-state index is 0.0668. The van der Waals surface area contributed by atoms with Crippen LogP contribution >= 0.6 is 0 Å². The zero-order valence-electron chi connectivity index (χ0n) is 16.0. The Bertz CT molecular complexity index is 861. The van der Waals surface area contributed by atoms with Gasteiger partial charge in [0, 0.05) is 44.8 Å². The van der Waals surface area contributed by atoms with Gasteiger partial charge < -0.3 is 9.88 Å². The fourth-order valence-corrected chi connectivity index (χ4v) is 4.91. The molecule has 6 nitrogen and oxygen atoms in total. The van der Waals surface area contributed by atoms with E-state index in [1.807, 2.05) is 18.2 Å². The van der Waals surface area contributed by atoms with E-state index >= 15 is 0 Å². The van der Waals surface area contributed by atoms with Gasteiger partial charge in [0.05, 0.1) is 6.33 Å². The van der Waals surface area contributed by atoms with Crippen LogP contribution in [0.1, 0.15) is 31.2 Å². The molecule has 1 aliphatic rings. The largest absolute Gasteiger partial charge is 0.339 e. The van der Waals surface area contributed by atoms with Crippen molar-refractivity contribution in [2.75, 3.05) is 19.6 Å². The van der Waals surface area contributed by atoms with Gasteiger partial charge in [0.15, 0.2) is 5.03 Å². The van der Waals surface area contributed by atoms with E-state index in [4.69, 9.17) is 0 Å². The van der Waals surface area contributed by atoms with E-state index in [-0.39, 0.29) is 17.0 Å². The third kappa shape index (κ3) is 4.66. The Labute approximate surface area is 162 Å². The molecule has 0 amide bonds. The third-order valence-electron chi connectivity index (χ3n) is 4.92. The minimum Gasteiger partial charge on any atom is -0.339 e. The number of unbranched alkanes of at least 4 members (excludes halogenated alkanes) is 1. The molecule has 2 atom stereocenters. The predicted molar refractivity (Wildman–Crippen MR) is 107 cm³/mol. The third-order valence-corrected chi connectivity index (χ3v) is 6.64. The lowest BCUT2D eigenvalue weighted by molar-refractivity contribution is 0.459. The van der Waals surface area contributed by atoms with Crippen molar-refractivity contribution in [2.45, 2.75) is 36.8 Å². The lowest BCUT2D eigenvalue weighted by Crippen LogP contribution is -2.36. The summed E-state index contributed by atoms with van der Waals surface area (Å²) in [5.41, 5.74) is 1.16. The average Bonchev–Trinajstić information content (AvgIpc) is 3.29. The van der Waals surface area contributed by atoms with E-state index < -0.39 is 10.0 Å². The molecule has 0 bridgehead atoms. The van der Waals surface area contributed by atoms with Gasteiger partial charge in [-0.1, -0.05) is 55.8 Å². The highest BCUT2D eigenvalue weighted by Gasteiger charge is 2.40. The fraction of sp³-hybridized carbons (Fsp3) is 0.450. The average molecular weight is 389 g/mol. The Morgan fingerprint density at radius 3 is 2.67 bits per heavy atom. The molecule has 27 heavy (non-hydrogen) atoms. The monoisotopic (exact) mass is 388 g/mol. The molecule has 0 aliphatic carbocycles. The van der Waals surface area contributed by atoms with Crippen LogP contribution in [0.5, 0.6) is 0 Å². The van der Waals surface area contributed by atoms with E-state index in [0.717, 1.165) is 24.9 Å². The standard InChI is InChI=1S/C20H28N4O2S/c1-3-4-5-9-12-21-19-14-24(13-18(19)17-10-7-6-8-11-17)27(25,26)20-15-23(2)16-22-20/h5-11,15-16,18-19,21H,3-4,12-14H2,1-2H3/b9-5+.